The van der Waals surface area contributed by atoms with Gasteiger partial charge in [-0.05, 0) is 49.6 Å². The normalized spacial score (nSPS) is 17.1. The fraction of sp³-hybridized carbons (Fsp3) is 0.480. The number of nitrogens with zero attached hydrogens (tertiary/aromatic N) is 1. The van der Waals surface area contributed by atoms with Gasteiger partial charge in [-0.15, -0.1) is 0 Å². The summed E-state index contributed by atoms with van der Waals surface area (Å²) in [7, 11) is 1.62. The molecule has 2 aromatic carbocycles. The minimum absolute atomic E-state index is 0.331. The average Bonchev–Trinajstić information content (AvgIpc) is 3.34. The van der Waals surface area contributed by atoms with Crippen molar-refractivity contribution in [2.24, 2.45) is 10.9 Å². The van der Waals surface area contributed by atoms with Gasteiger partial charge < -0.3 is 30.0 Å². The van der Waals surface area contributed by atoms with E-state index in [-0.39, 0.29) is 0 Å². The van der Waals surface area contributed by atoms with E-state index in [9.17, 15) is 5.11 Å². The van der Waals surface area contributed by atoms with Crippen LogP contribution in [0.25, 0.3) is 0 Å². The molecule has 0 saturated carbocycles. The highest BCUT2D eigenvalue weighted by atomic mass is 16.5. The van der Waals surface area contributed by atoms with E-state index in [2.05, 4.69) is 35.8 Å². The Labute approximate surface area is 190 Å². The SMILES string of the molecule is CCNC(=NCc1ccc(C)cc1OCC1CCOC1)NCC(O)c1cccc(OC)c1. The molecule has 32 heavy (non-hydrogen) atoms. The van der Waals surface area contributed by atoms with E-state index in [0.717, 1.165) is 54.4 Å². The number of nitrogens with one attached hydrogen (secondary N) is 2. The van der Waals surface area contributed by atoms with Crippen LogP contribution >= 0.6 is 0 Å². The highest BCUT2D eigenvalue weighted by molar-refractivity contribution is 5.79. The van der Waals surface area contributed by atoms with E-state index in [0.29, 0.717) is 31.6 Å². The Kier molecular flexibility index (Phi) is 9.19. The first-order valence-corrected chi connectivity index (χ1v) is 11.2. The maximum atomic E-state index is 10.6. The summed E-state index contributed by atoms with van der Waals surface area (Å²) in [5.74, 6) is 2.68. The average molecular weight is 442 g/mol. The van der Waals surface area contributed by atoms with Crippen molar-refractivity contribution in [3.63, 3.8) is 0 Å². The van der Waals surface area contributed by atoms with Crippen LogP contribution in [0.3, 0.4) is 0 Å². The number of methoxy groups -OCH3 is 1. The van der Waals surface area contributed by atoms with E-state index < -0.39 is 6.10 Å². The quantitative estimate of drug-likeness (QED) is 0.388. The zero-order chi connectivity index (χ0) is 22.8. The van der Waals surface area contributed by atoms with Gasteiger partial charge in [0, 0.05) is 31.2 Å². The van der Waals surface area contributed by atoms with Crippen molar-refractivity contribution in [2.75, 3.05) is 40.0 Å². The second-order valence-corrected chi connectivity index (χ2v) is 8.02. The van der Waals surface area contributed by atoms with Crippen molar-refractivity contribution >= 4 is 5.96 Å². The van der Waals surface area contributed by atoms with Crippen LogP contribution in [0, 0.1) is 12.8 Å². The number of guanidine groups is 1. The lowest BCUT2D eigenvalue weighted by molar-refractivity contribution is 0.166. The summed E-state index contributed by atoms with van der Waals surface area (Å²) in [5.41, 5.74) is 2.97. The molecule has 174 valence electrons. The highest BCUT2D eigenvalue weighted by Gasteiger charge is 2.17. The van der Waals surface area contributed by atoms with Gasteiger partial charge >= 0.3 is 0 Å². The Morgan fingerprint density at radius 1 is 1.25 bits per heavy atom. The number of aliphatic hydroxyl groups excluding tert-OH is 1. The number of aliphatic imine (C=N–C) groups is 1. The van der Waals surface area contributed by atoms with Gasteiger partial charge in [0.2, 0.25) is 0 Å². The maximum Gasteiger partial charge on any atom is 0.191 e. The third kappa shape index (κ3) is 7.14. The Morgan fingerprint density at radius 3 is 2.88 bits per heavy atom. The van der Waals surface area contributed by atoms with Gasteiger partial charge in [-0.1, -0.05) is 24.3 Å². The molecule has 7 heteroatoms. The predicted molar refractivity (Wildman–Crippen MR) is 126 cm³/mol. The molecule has 1 saturated heterocycles. The first-order chi connectivity index (χ1) is 15.6. The minimum atomic E-state index is -0.680. The number of hydrogen-bond donors (Lipinski definition) is 3. The Balaban J connectivity index is 1.62. The zero-order valence-corrected chi connectivity index (χ0v) is 19.3. The largest absolute Gasteiger partial charge is 0.497 e. The molecule has 0 aromatic heterocycles. The molecule has 7 nitrogen and oxygen atoms in total. The van der Waals surface area contributed by atoms with Crippen LogP contribution in [0.4, 0.5) is 0 Å². The Morgan fingerprint density at radius 2 is 2.12 bits per heavy atom. The molecular weight excluding hydrogens is 406 g/mol. The Bertz CT molecular complexity index is 881. The molecule has 2 atom stereocenters. The summed E-state index contributed by atoms with van der Waals surface area (Å²) < 4.78 is 16.8. The molecule has 0 aliphatic carbocycles. The predicted octanol–water partition coefficient (Wildman–Crippen LogP) is 3.21. The second-order valence-electron chi connectivity index (χ2n) is 8.02. The molecule has 1 fully saturated rings. The summed E-state index contributed by atoms with van der Waals surface area (Å²) >= 11 is 0. The zero-order valence-electron chi connectivity index (χ0n) is 19.3. The number of ether oxygens (including phenoxy) is 3. The van der Waals surface area contributed by atoms with Crippen LogP contribution in [0.5, 0.6) is 11.5 Å². The van der Waals surface area contributed by atoms with E-state index in [1.807, 2.05) is 31.2 Å². The van der Waals surface area contributed by atoms with Crippen molar-refractivity contribution in [1.29, 1.82) is 0 Å². The minimum Gasteiger partial charge on any atom is -0.497 e. The lowest BCUT2D eigenvalue weighted by Gasteiger charge is -2.17. The summed E-state index contributed by atoms with van der Waals surface area (Å²) in [4.78, 5) is 4.71. The fourth-order valence-corrected chi connectivity index (χ4v) is 3.52. The van der Waals surface area contributed by atoms with Gasteiger partial charge in [-0.25, -0.2) is 4.99 Å². The van der Waals surface area contributed by atoms with Gasteiger partial charge in [-0.3, -0.25) is 0 Å². The van der Waals surface area contributed by atoms with Gasteiger partial charge in [0.05, 0.1) is 33.0 Å². The van der Waals surface area contributed by atoms with Crippen molar-refractivity contribution in [3.05, 3.63) is 59.2 Å². The van der Waals surface area contributed by atoms with Crippen LogP contribution in [-0.4, -0.2) is 51.1 Å². The smallest absolute Gasteiger partial charge is 0.191 e. The van der Waals surface area contributed by atoms with Crippen LogP contribution in [-0.2, 0) is 11.3 Å². The summed E-state index contributed by atoms with van der Waals surface area (Å²) in [6.07, 6.45) is 0.365. The van der Waals surface area contributed by atoms with Gasteiger partial charge in [0.1, 0.15) is 11.5 Å². The van der Waals surface area contributed by atoms with Crippen molar-refractivity contribution < 1.29 is 19.3 Å². The molecule has 1 aliphatic heterocycles. The van der Waals surface area contributed by atoms with Crippen molar-refractivity contribution in [3.8, 4) is 11.5 Å². The summed E-state index contributed by atoms with van der Waals surface area (Å²) in [5, 5.41) is 17.0. The van der Waals surface area contributed by atoms with Gasteiger partial charge in [-0.2, -0.15) is 0 Å². The molecule has 0 radical (unpaired) electrons. The highest BCUT2D eigenvalue weighted by Crippen LogP contribution is 2.23. The van der Waals surface area contributed by atoms with Crippen LogP contribution in [0.1, 0.15) is 36.1 Å². The molecule has 1 aliphatic rings. The number of aliphatic hydroxyl groups is 1. The number of rotatable bonds is 10. The third-order valence-corrected chi connectivity index (χ3v) is 5.41. The maximum absolute atomic E-state index is 10.6. The first kappa shape index (κ1) is 23.9. The number of aryl methyl sites for hydroxylation is 1. The lowest BCUT2D eigenvalue weighted by atomic mass is 10.1. The number of benzene rings is 2. The second kappa shape index (κ2) is 12.3. The van der Waals surface area contributed by atoms with Crippen molar-refractivity contribution in [1.82, 2.24) is 10.6 Å². The van der Waals surface area contributed by atoms with Crippen molar-refractivity contribution in [2.45, 2.75) is 32.9 Å². The fourth-order valence-electron chi connectivity index (χ4n) is 3.52. The van der Waals surface area contributed by atoms with E-state index in [1.54, 1.807) is 7.11 Å². The molecule has 0 bridgehead atoms. The molecule has 0 spiro atoms. The Hall–Kier alpha value is -2.77. The molecule has 0 amide bonds. The molecular formula is C25H35N3O4. The third-order valence-electron chi connectivity index (χ3n) is 5.41. The monoisotopic (exact) mass is 441 g/mol. The first-order valence-electron chi connectivity index (χ1n) is 11.2. The van der Waals surface area contributed by atoms with Crippen LogP contribution < -0.4 is 20.1 Å². The lowest BCUT2D eigenvalue weighted by Crippen LogP contribution is -2.39. The number of hydrogen-bond acceptors (Lipinski definition) is 5. The van der Waals surface area contributed by atoms with E-state index >= 15 is 0 Å². The molecule has 3 rings (SSSR count). The van der Waals surface area contributed by atoms with Gasteiger partial charge in [0.25, 0.3) is 0 Å². The molecule has 3 N–H and O–H groups in total. The molecule has 1 heterocycles. The standard InChI is InChI=1S/C25H35N3O4/c1-4-26-25(28-15-23(29)20-6-5-7-22(13-20)30-3)27-14-21-9-8-18(2)12-24(21)32-17-19-10-11-31-16-19/h5-9,12-13,19,23,29H,4,10-11,14-17H2,1-3H3,(H2,26,27,28). The van der Waals surface area contributed by atoms with Crippen LogP contribution in [0.15, 0.2) is 47.5 Å². The summed E-state index contributed by atoms with van der Waals surface area (Å²) in [6.45, 7) is 7.84. The topological polar surface area (TPSA) is 84.3 Å². The van der Waals surface area contributed by atoms with Crippen LogP contribution in [0.2, 0.25) is 0 Å². The molecule has 2 unspecified atom stereocenters. The van der Waals surface area contributed by atoms with Gasteiger partial charge in [0.15, 0.2) is 5.96 Å². The van der Waals surface area contributed by atoms with E-state index in [1.165, 1.54) is 0 Å². The summed E-state index contributed by atoms with van der Waals surface area (Å²) in [6, 6.07) is 13.6. The molecule has 2 aromatic rings. The van der Waals surface area contributed by atoms with E-state index in [4.69, 9.17) is 19.2 Å².